The van der Waals surface area contributed by atoms with E-state index >= 15 is 0 Å². The first-order valence-electron chi connectivity index (χ1n) is 6.79. The maximum Gasteiger partial charge on any atom is 0.135 e. The van der Waals surface area contributed by atoms with Crippen molar-refractivity contribution in [1.29, 1.82) is 0 Å². The second kappa shape index (κ2) is 6.39. The second-order valence-corrected chi connectivity index (χ2v) is 5.62. The molecule has 0 aliphatic carbocycles. The molecule has 94 valence electrons. The number of hydrogen-bond acceptors (Lipinski definition) is 2. The Bertz CT molecular complexity index is 225. The van der Waals surface area contributed by atoms with Crippen LogP contribution in [0.4, 0.5) is 0 Å². The number of rotatable bonds is 5. The molecule has 0 saturated carbocycles. The van der Waals surface area contributed by atoms with E-state index in [1.165, 1.54) is 19.4 Å². The van der Waals surface area contributed by atoms with E-state index < -0.39 is 0 Å². The Morgan fingerprint density at radius 1 is 1.38 bits per heavy atom. The Hall–Kier alpha value is -0.370. The molecule has 16 heavy (non-hydrogen) atoms. The molecule has 1 saturated heterocycles. The van der Waals surface area contributed by atoms with Crippen molar-refractivity contribution in [3.05, 3.63) is 0 Å². The number of likely N-dealkylation sites (tertiary alicyclic amines) is 1. The summed E-state index contributed by atoms with van der Waals surface area (Å²) in [5, 5.41) is 0. The SMILES string of the molecule is CC(C)C(=O)CCCN1CCCC(C)C1C. The minimum atomic E-state index is 0.206. The molecule has 0 aromatic heterocycles. The highest BCUT2D eigenvalue weighted by Crippen LogP contribution is 2.23. The van der Waals surface area contributed by atoms with Crippen molar-refractivity contribution in [2.45, 2.75) is 59.4 Å². The quantitative estimate of drug-likeness (QED) is 0.716. The van der Waals surface area contributed by atoms with Crippen molar-refractivity contribution < 1.29 is 4.79 Å². The number of carbonyl (C=O) groups is 1. The first-order valence-corrected chi connectivity index (χ1v) is 6.79. The lowest BCUT2D eigenvalue weighted by atomic mass is 9.92. The molecule has 0 bridgehead atoms. The van der Waals surface area contributed by atoms with Crippen molar-refractivity contribution in [2.75, 3.05) is 13.1 Å². The fraction of sp³-hybridized carbons (Fsp3) is 0.929. The average molecular weight is 225 g/mol. The Labute approximate surface area is 100 Å². The lowest BCUT2D eigenvalue weighted by Gasteiger charge is -2.37. The van der Waals surface area contributed by atoms with Crippen molar-refractivity contribution in [3.8, 4) is 0 Å². The zero-order chi connectivity index (χ0) is 12.1. The molecular weight excluding hydrogens is 198 g/mol. The molecule has 1 heterocycles. The van der Waals surface area contributed by atoms with Gasteiger partial charge in [-0.25, -0.2) is 0 Å². The van der Waals surface area contributed by atoms with Gasteiger partial charge in [0.1, 0.15) is 5.78 Å². The van der Waals surface area contributed by atoms with Crippen molar-refractivity contribution >= 4 is 5.78 Å². The molecule has 1 aliphatic rings. The van der Waals surface area contributed by atoms with Gasteiger partial charge in [0, 0.05) is 18.4 Å². The number of carbonyl (C=O) groups excluding carboxylic acids is 1. The fourth-order valence-electron chi connectivity index (χ4n) is 2.48. The third-order valence-corrected chi connectivity index (χ3v) is 4.02. The lowest BCUT2D eigenvalue weighted by molar-refractivity contribution is -0.122. The molecule has 1 fully saturated rings. The van der Waals surface area contributed by atoms with Gasteiger partial charge >= 0.3 is 0 Å². The normalized spacial score (nSPS) is 27.3. The summed E-state index contributed by atoms with van der Waals surface area (Å²) in [5.41, 5.74) is 0. The van der Waals surface area contributed by atoms with E-state index in [2.05, 4.69) is 18.7 Å². The highest BCUT2D eigenvalue weighted by molar-refractivity contribution is 5.80. The van der Waals surface area contributed by atoms with Crippen LogP contribution < -0.4 is 0 Å². The van der Waals surface area contributed by atoms with Crippen LogP contribution in [-0.4, -0.2) is 29.8 Å². The van der Waals surface area contributed by atoms with Crippen molar-refractivity contribution in [3.63, 3.8) is 0 Å². The smallest absolute Gasteiger partial charge is 0.135 e. The number of ketones is 1. The third kappa shape index (κ3) is 3.89. The molecule has 1 rings (SSSR count). The van der Waals surface area contributed by atoms with Gasteiger partial charge in [-0.05, 0) is 45.2 Å². The largest absolute Gasteiger partial charge is 0.300 e. The predicted octanol–water partition coefficient (Wildman–Crippen LogP) is 3.11. The minimum Gasteiger partial charge on any atom is -0.300 e. The summed E-state index contributed by atoms with van der Waals surface area (Å²) in [6.07, 6.45) is 4.48. The van der Waals surface area contributed by atoms with Crippen LogP contribution in [0, 0.1) is 11.8 Å². The first-order chi connectivity index (χ1) is 7.52. The molecule has 2 atom stereocenters. The number of nitrogens with zero attached hydrogens (tertiary/aromatic N) is 1. The standard InChI is InChI=1S/C14H27NO/c1-11(2)14(16)8-6-10-15-9-5-7-12(3)13(15)4/h11-13H,5-10H2,1-4H3. The van der Waals surface area contributed by atoms with Gasteiger partial charge in [0.2, 0.25) is 0 Å². The Morgan fingerprint density at radius 3 is 2.69 bits per heavy atom. The number of hydrogen-bond donors (Lipinski definition) is 0. The van der Waals surface area contributed by atoms with Gasteiger partial charge in [-0.3, -0.25) is 4.79 Å². The maximum atomic E-state index is 11.5. The Morgan fingerprint density at radius 2 is 2.06 bits per heavy atom. The van der Waals surface area contributed by atoms with Crippen LogP contribution in [0.15, 0.2) is 0 Å². The molecule has 0 N–H and O–H groups in total. The molecule has 0 aromatic rings. The molecular formula is C14H27NO. The second-order valence-electron chi connectivity index (χ2n) is 5.62. The van der Waals surface area contributed by atoms with E-state index in [0.29, 0.717) is 11.8 Å². The summed E-state index contributed by atoms with van der Waals surface area (Å²) in [4.78, 5) is 14.1. The van der Waals surface area contributed by atoms with Gasteiger partial charge in [0.15, 0.2) is 0 Å². The summed E-state index contributed by atoms with van der Waals surface area (Å²) >= 11 is 0. The third-order valence-electron chi connectivity index (χ3n) is 4.02. The van der Waals surface area contributed by atoms with E-state index in [9.17, 15) is 4.79 Å². The van der Waals surface area contributed by atoms with Crippen molar-refractivity contribution in [2.24, 2.45) is 11.8 Å². The summed E-state index contributed by atoms with van der Waals surface area (Å²) in [6, 6.07) is 0.697. The zero-order valence-electron chi connectivity index (χ0n) is 11.3. The highest BCUT2D eigenvalue weighted by atomic mass is 16.1. The van der Waals surface area contributed by atoms with Gasteiger partial charge in [-0.15, -0.1) is 0 Å². The summed E-state index contributed by atoms with van der Waals surface area (Å²) in [6.45, 7) is 11.0. The van der Waals surface area contributed by atoms with Crippen LogP contribution in [0.1, 0.15) is 53.4 Å². The van der Waals surface area contributed by atoms with E-state index in [0.717, 1.165) is 25.3 Å². The highest BCUT2D eigenvalue weighted by Gasteiger charge is 2.24. The van der Waals surface area contributed by atoms with Crippen LogP contribution >= 0.6 is 0 Å². The van der Waals surface area contributed by atoms with Crippen LogP contribution in [0.3, 0.4) is 0 Å². The summed E-state index contributed by atoms with van der Waals surface area (Å²) in [7, 11) is 0. The Balaban J connectivity index is 2.24. The van der Waals surface area contributed by atoms with Gasteiger partial charge in [0.05, 0.1) is 0 Å². The summed E-state index contributed by atoms with van der Waals surface area (Å²) in [5.74, 6) is 1.44. The van der Waals surface area contributed by atoms with Gasteiger partial charge in [-0.2, -0.15) is 0 Å². The van der Waals surface area contributed by atoms with Crippen LogP contribution in [-0.2, 0) is 4.79 Å². The van der Waals surface area contributed by atoms with E-state index in [-0.39, 0.29) is 5.92 Å². The average Bonchev–Trinajstić information content (AvgIpc) is 2.24. The Kier molecular flexibility index (Phi) is 5.47. The van der Waals surface area contributed by atoms with Crippen LogP contribution in [0.5, 0.6) is 0 Å². The molecule has 1 aliphatic heterocycles. The summed E-state index contributed by atoms with van der Waals surface area (Å²) < 4.78 is 0. The van der Waals surface area contributed by atoms with Gasteiger partial charge in [0.25, 0.3) is 0 Å². The topological polar surface area (TPSA) is 20.3 Å². The minimum absolute atomic E-state index is 0.206. The molecule has 0 radical (unpaired) electrons. The van der Waals surface area contributed by atoms with Crippen LogP contribution in [0.25, 0.3) is 0 Å². The predicted molar refractivity (Wildman–Crippen MR) is 68.5 cm³/mol. The molecule has 2 unspecified atom stereocenters. The van der Waals surface area contributed by atoms with Crippen molar-refractivity contribution in [1.82, 2.24) is 4.90 Å². The lowest BCUT2D eigenvalue weighted by Crippen LogP contribution is -2.42. The fourth-order valence-corrected chi connectivity index (χ4v) is 2.48. The van der Waals surface area contributed by atoms with Gasteiger partial charge < -0.3 is 4.90 Å². The van der Waals surface area contributed by atoms with Crippen LogP contribution in [0.2, 0.25) is 0 Å². The monoisotopic (exact) mass is 225 g/mol. The van der Waals surface area contributed by atoms with E-state index in [1.807, 2.05) is 13.8 Å². The first kappa shape index (κ1) is 13.7. The van der Waals surface area contributed by atoms with Gasteiger partial charge in [-0.1, -0.05) is 20.8 Å². The van der Waals surface area contributed by atoms with E-state index in [1.54, 1.807) is 0 Å². The molecule has 2 nitrogen and oxygen atoms in total. The molecule has 0 aromatic carbocycles. The molecule has 0 spiro atoms. The number of Topliss-reactive ketones (excluding diaryl/α,β-unsaturated/α-hetero) is 1. The maximum absolute atomic E-state index is 11.5. The molecule has 2 heteroatoms. The van der Waals surface area contributed by atoms with E-state index in [4.69, 9.17) is 0 Å². The zero-order valence-corrected chi connectivity index (χ0v) is 11.3. The number of piperidine rings is 1. The molecule has 0 amide bonds.